The Bertz CT molecular complexity index is 467. The standard InChI is InChI=1S/C14H21N3O3/c15-10-3-1-4-12(7-10)20-9-11(18)8-17-6-2-5-13(17)14(16)19/h1,3-4,7,11,13,18H,2,5-6,8-9,15H2,(H2,16,19). The molecule has 0 bridgehead atoms. The zero-order valence-corrected chi connectivity index (χ0v) is 11.4. The molecule has 0 saturated carbocycles. The molecule has 1 aliphatic heterocycles. The number of carbonyl (C=O) groups excluding carboxylic acids is 1. The summed E-state index contributed by atoms with van der Waals surface area (Å²) in [6.45, 7) is 1.32. The molecule has 6 heteroatoms. The lowest BCUT2D eigenvalue weighted by atomic mass is 10.2. The molecule has 110 valence electrons. The van der Waals surface area contributed by atoms with Crippen LogP contribution in [0.15, 0.2) is 24.3 Å². The molecule has 1 aromatic carbocycles. The Morgan fingerprint density at radius 1 is 1.55 bits per heavy atom. The van der Waals surface area contributed by atoms with Crippen molar-refractivity contribution in [2.75, 3.05) is 25.4 Å². The molecule has 1 aromatic rings. The third-order valence-electron chi connectivity index (χ3n) is 3.44. The van der Waals surface area contributed by atoms with E-state index in [0.29, 0.717) is 18.0 Å². The molecule has 0 aromatic heterocycles. The Morgan fingerprint density at radius 2 is 2.35 bits per heavy atom. The van der Waals surface area contributed by atoms with Gasteiger partial charge in [-0.15, -0.1) is 0 Å². The van der Waals surface area contributed by atoms with Crippen LogP contribution < -0.4 is 16.2 Å². The molecule has 1 aliphatic rings. The topological polar surface area (TPSA) is 102 Å². The number of benzene rings is 1. The van der Waals surface area contributed by atoms with Crippen molar-refractivity contribution in [1.29, 1.82) is 0 Å². The second-order valence-corrected chi connectivity index (χ2v) is 5.09. The number of hydrogen-bond acceptors (Lipinski definition) is 5. The van der Waals surface area contributed by atoms with Crippen molar-refractivity contribution < 1.29 is 14.6 Å². The van der Waals surface area contributed by atoms with E-state index in [2.05, 4.69) is 0 Å². The summed E-state index contributed by atoms with van der Waals surface area (Å²) < 4.78 is 5.48. The number of carbonyl (C=O) groups is 1. The van der Waals surface area contributed by atoms with Crippen LogP contribution in [0.5, 0.6) is 5.75 Å². The number of ether oxygens (including phenoxy) is 1. The maximum Gasteiger partial charge on any atom is 0.234 e. The number of aliphatic hydroxyl groups is 1. The number of β-amino-alcohol motifs (C(OH)–C–C–N with tert-alkyl or cyclic N) is 1. The first-order valence-corrected chi connectivity index (χ1v) is 6.76. The van der Waals surface area contributed by atoms with Gasteiger partial charge in [0.15, 0.2) is 0 Å². The zero-order valence-electron chi connectivity index (χ0n) is 11.4. The van der Waals surface area contributed by atoms with Gasteiger partial charge >= 0.3 is 0 Å². The number of anilines is 1. The van der Waals surface area contributed by atoms with Crippen LogP contribution in [-0.4, -0.2) is 47.8 Å². The van der Waals surface area contributed by atoms with Crippen molar-refractivity contribution in [1.82, 2.24) is 4.90 Å². The molecule has 2 unspecified atom stereocenters. The highest BCUT2D eigenvalue weighted by Gasteiger charge is 2.30. The van der Waals surface area contributed by atoms with E-state index in [1.807, 2.05) is 4.90 Å². The Labute approximate surface area is 118 Å². The predicted molar refractivity (Wildman–Crippen MR) is 76.1 cm³/mol. The van der Waals surface area contributed by atoms with E-state index in [1.54, 1.807) is 24.3 Å². The molecule has 2 rings (SSSR count). The molecule has 1 heterocycles. The Kier molecular flexibility index (Phi) is 4.81. The highest BCUT2D eigenvalue weighted by atomic mass is 16.5. The van der Waals surface area contributed by atoms with Gasteiger partial charge in [0.25, 0.3) is 0 Å². The summed E-state index contributed by atoms with van der Waals surface area (Å²) in [5.41, 5.74) is 11.6. The van der Waals surface area contributed by atoms with Gasteiger partial charge in [-0.25, -0.2) is 0 Å². The Hall–Kier alpha value is -1.79. The lowest BCUT2D eigenvalue weighted by Crippen LogP contribution is -2.44. The third kappa shape index (κ3) is 3.85. The van der Waals surface area contributed by atoms with E-state index in [0.717, 1.165) is 19.4 Å². The molecule has 0 aliphatic carbocycles. The van der Waals surface area contributed by atoms with E-state index in [4.69, 9.17) is 16.2 Å². The first kappa shape index (κ1) is 14.6. The lowest BCUT2D eigenvalue weighted by molar-refractivity contribution is -0.122. The van der Waals surface area contributed by atoms with Gasteiger partial charge in [0, 0.05) is 18.3 Å². The number of hydrogen-bond donors (Lipinski definition) is 3. The molecular weight excluding hydrogens is 258 g/mol. The largest absolute Gasteiger partial charge is 0.491 e. The molecule has 6 nitrogen and oxygen atoms in total. The quantitative estimate of drug-likeness (QED) is 0.634. The van der Waals surface area contributed by atoms with Crippen LogP contribution in [0.4, 0.5) is 5.69 Å². The summed E-state index contributed by atoms with van der Waals surface area (Å²) in [5, 5.41) is 9.99. The van der Waals surface area contributed by atoms with Crippen molar-refractivity contribution in [2.45, 2.75) is 25.0 Å². The van der Waals surface area contributed by atoms with Crippen LogP contribution in [0.2, 0.25) is 0 Å². The average Bonchev–Trinajstić information content (AvgIpc) is 2.85. The van der Waals surface area contributed by atoms with Crippen LogP contribution in [0.25, 0.3) is 0 Å². The second-order valence-electron chi connectivity index (χ2n) is 5.09. The van der Waals surface area contributed by atoms with Gasteiger partial charge in [-0.1, -0.05) is 6.07 Å². The number of nitrogen functional groups attached to an aromatic ring is 1. The lowest BCUT2D eigenvalue weighted by Gasteiger charge is -2.24. The van der Waals surface area contributed by atoms with Gasteiger partial charge < -0.3 is 21.3 Å². The minimum absolute atomic E-state index is 0.158. The summed E-state index contributed by atoms with van der Waals surface area (Å²) in [6.07, 6.45) is 1.02. The number of amides is 1. The summed E-state index contributed by atoms with van der Waals surface area (Å²) in [5.74, 6) is 0.295. The minimum atomic E-state index is -0.670. The normalized spacial score (nSPS) is 20.8. The Morgan fingerprint density at radius 3 is 3.05 bits per heavy atom. The summed E-state index contributed by atoms with van der Waals surface area (Å²) in [7, 11) is 0. The Balaban J connectivity index is 1.80. The van der Waals surface area contributed by atoms with Crippen LogP contribution in [0, 0.1) is 0 Å². The van der Waals surface area contributed by atoms with Gasteiger partial charge in [-0.05, 0) is 31.5 Å². The molecule has 1 saturated heterocycles. The van der Waals surface area contributed by atoms with Gasteiger partial charge in [-0.2, -0.15) is 0 Å². The molecule has 1 amide bonds. The maximum atomic E-state index is 11.3. The van der Waals surface area contributed by atoms with E-state index in [1.165, 1.54) is 0 Å². The number of nitrogens with zero attached hydrogens (tertiary/aromatic N) is 1. The fourth-order valence-corrected chi connectivity index (χ4v) is 2.49. The highest BCUT2D eigenvalue weighted by molar-refractivity contribution is 5.80. The predicted octanol–water partition coefficient (Wildman–Crippen LogP) is -0.0418. The van der Waals surface area contributed by atoms with Crippen LogP contribution in [0.3, 0.4) is 0 Å². The monoisotopic (exact) mass is 279 g/mol. The van der Waals surface area contributed by atoms with Crippen LogP contribution in [-0.2, 0) is 4.79 Å². The molecule has 0 spiro atoms. The fourth-order valence-electron chi connectivity index (χ4n) is 2.49. The average molecular weight is 279 g/mol. The molecule has 1 fully saturated rings. The first-order chi connectivity index (χ1) is 9.56. The van der Waals surface area contributed by atoms with Crippen molar-refractivity contribution in [3.63, 3.8) is 0 Å². The van der Waals surface area contributed by atoms with Crippen molar-refractivity contribution >= 4 is 11.6 Å². The van der Waals surface area contributed by atoms with E-state index >= 15 is 0 Å². The molecule has 5 N–H and O–H groups in total. The number of primary amides is 1. The summed E-state index contributed by atoms with van der Waals surface area (Å²) in [6, 6.07) is 6.78. The summed E-state index contributed by atoms with van der Waals surface area (Å²) in [4.78, 5) is 13.2. The van der Waals surface area contributed by atoms with Crippen molar-refractivity contribution in [3.8, 4) is 5.75 Å². The molecule has 2 atom stereocenters. The maximum absolute atomic E-state index is 11.3. The number of likely N-dealkylation sites (tertiary alicyclic amines) is 1. The number of aliphatic hydroxyl groups excluding tert-OH is 1. The molecule has 20 heavy (non-hydrogen) atoms. The van der Waals surface area contributed by atoms with Gasteiger partial charge in [0.1, 0.15) is 18.5 Å². The summed E-state index contributed by atoms with van der Waals surface area (Å²) >= 11 is 0. The van der Waals surface area contributed by atoms with E-state index in [9.17, 15) is 9.90 Å². The van der Waals surface area contributed by atoms with Crippen LogP contribution in [0.1, 0.15) is 12.8 Å². The van der Waals surface area contributed by atoms with Crippen molar-refractivity contribution in [3.05, 3.63) is 24.3 Å². The molecule has 0 radical (unpaired) electrons. The smallest absolute Gasteiger partial charge is 0.234 e. The second kappa shape index (κ2) is 6.58. The van der Waals surface area contributed by atoms with Crippen LogP contribution >= 0.6 is 0 Å². The van der Waals surface area contributed by atoms with Gasteiger partial charge in [0.05, 0.1) is 6.04 Å². The minimum Gasteiger partial charge on any atom is -0.491 e. The van der Waals surface area contributed by atoms with Gasteiger partial charge in [-0.3, -0.25) is 9.69 Å². The van der Waals surface area contributed by atoms with E-state index in [-0.39, 0.29) is 18.6 Å². The fraction of sp³-hybridized carbons (Fsp3) is 0.500. The number of rotatable bonds is 6. The third-order valence-corrected chi connectivity index (χ3v) is 3.44. The van der Waals surface area contributed by atoms with E-state index < -0.39 is 6.10 Å². The zero-order chi connectivity index (χ0) is 14.5. The first-order valence-electron chi connectivity index (χ1n) is 6.76. The van der Waals surface area contributed by atoms with Crippen molar-refractivity contribution in [2.24, 2.45) is 5.73 Å². The number of nitrogens with two attached hydrogens (primary N) is 2. The highest BCUT2D eigenvalue weighted by Crippen LogP contribution is 2.18. The molecular formula is C14H21N3O3. The SMILES string of the molecule is NC(=O)C1CCCN1CC(O)COc1cccc(N)c1. The van der Waals surface area contributed by atoms with Gasteiger partial charge in [0.2, 0.25) is 5.91 Å².